The second-order valence-corrected chi connectivity index (χ2v) is 1.94. The van der Waals surface area contributed by atoms with Crippen molar-refractivity contribution in [1.29, 1.82) is 0 Å². The van der Waals surface area contributed by atoms with E-state index in [1.807, 2.05) is 0 Å². The summed E-state index contributed by atoms with van der Waals surface area (Å²) in [5.74, 6) is -2.99. The Morgan fingerprint density at radius 1 is 1.42 bits per heavy atom. The summed E-state index contributed by atoms with van der Waals surface area (Å²) in [6.45, 7) is 0. The number of amides is 1. The van der Waals surface area contributed by atoms with Crippen LogP contribution in [0.3, 0.4) is 0 Å². The summed E-state index contributed by atoms with van der Waals surface area (Å²) in [5.41, 5.74) is 0. The van der Waals surface area contributed by atoms with Crippen molar-refractivity contribution in [3.8, 4) is 0 Å². The maximum Gasteiger partial charge on any atom is 0.329 e. The molecular weight excluding hydrogens is 170 g/mol. The van der Waals surface area contributed by atoms with Crippen LogP contribution in [0.15, 0.2) is 0 Å². The van der Waals surface area contributed by atoms with Crippen LogP contribution in [0.25, 0.3) is 0 Å². The third-order valence-corrected chi connectivity index (χ3v) is 1.08. The molecule has 68 valence electrons. The molecule has 0 aromatic heterocycles. The van der Waals surface area contributed by atoms with E-state index >= 15 is 0 Å². The number of carboxylic acid groups (broad SMARTS) is 2. The van der Waals surface area contributed by atoms with Gasteiger partial charge in [-0.1, -0.05) is 0 Å². The number of carbonyl (C=O) groups excluding carboxylic acids is 1. The van der Waals surface area contributed by atoms with Gasteiger partial charge in [0.05, 0.1) is 6.42 Å². The fourth-order valence-electron chi connectivity index (χ4n) is 0.533. The Kier molecular flexibility index (Phi) is 3.71. The number of hydroxylamine groups is 2. The van der Waals surface area contributed by atoms with E-state index in [1.54, 1.807) is 0 Å². The maximum absolute atomic E-state index is 10.2. The van der Waals surface area contributed by atoms with Crippen molar-refractivity contribution in [3.05, 3.63) is 0 Å². The quantitative estimate of drug-likeness (QED) is 0.275. The zero-order chi connectivity index (χ0) is 9.72. The Hall–Kier alpha value is -1.63. The highest BCUT2D eigenvalue weighted by Gasteiger charge is 2.26. The van der Waals surface area contributed by atoms with E-state index < -0.39 is 24.4 Å². The van der Waals surface area contributed by atoms with Crippen LogP contribution in [0.5, 0.6) is 0 Å². The van der Waals surface area contributed by atoms with Gasteiger partial charge in [-0.15, -0.1) is 0 Å². The maximum atomic E-state index is 10.2. The highest BCUT2D eigenvalue weighted by atomic mass is 16.5. The molecule has 0 fully saturated rings. The number of aliphatic carboxylic acids is 2. The minimum absolute atomic E-state index is 0.165. The summed E-state index contributed by atoms with van der Waals surface area (Å²) < 4.78 is 0. The fourth-order valence-corrected chi connectivity index (χ4v) is 0.533. The smallest absolute Gasteiger partial charge is 0.329 e. The van der Waals surface area contributed by atoms with Crippen molar-refractivity contribution in [2.24, 2.45) is 0 Å². The number of rotatable bonds is 5. The highest BCUT2D eigenvalue weighted by Crippen LogP contribution is 1.99. The molecule has 0 aliphatic heterocycles. The average molecular weight is 177 g/mol. The summed E-state index contributed by atoms with van der Waals surface area (Å²) in [6, 6.07) is -1.74. The second kappa shape index (κ2) is 4.29. The third kappa shape index (κ3) is 2.97. The first-order valence-corrected chi connectivity index (χ1v) is 2.86. The third-order valence-electron chi connectivity index (χ3n) is 1.08. The van der Waals surface area contributed by atoms with Crippen molar-refractivity contribution in [2.45, 2.75) is 12.5 Å². The Morgan fingerprint density at radius 2 is 1.92 bits per heavy atom. The molecule has 0 bridgehead atoms. The average Bonchev–Trinajstić information content (AvgIpc) is 1.98. The molecule has 1 amide bonds. The topological polar surface area (TPSA) is 115 Å². The normalized spacial score (nSPS) is 11.8. The fraction of sp³-hybridized carbons (Fsp3) is 0.400. The van der Waals surface area contributed by atoms with E-state index in [0.717, 1.165) is 0 Å². The van der Waals surface area contributed by atoms with Gasteiger partial charge >= 0.3 is 11.9 Å². The molecule has 12 heavy (non-hydrogen) atoms. The van der Waals surface area contributed by atoms with Crippen LogP contribution in [-0.2, 0) is 14.4 Å². The van der Waals surface area contributed by atoms with E-state index in [-0.39, 0.29) is 11.5 Å². The first kappa shape index (κ1) is 10.4. The van der Waals surface area contributed by atoms with E-state index in [2.05, 4.69) is 0 Å². The number of hydrogen-bond donors (Lipinski definition) is 3. The molecule has 0 radical (unpaired) electrons. The molecule has 0 aromatic rings. The number of carboxylic acids is 2. The van der Waals surface area contributed by atoms with Crippen LogP contribution in [0.1, 0.15) is 6.42 Å². The SMILES string of the molecule is O=CN(O)C(CC(=O)O)C(=O)O. The van der Waals surface area contributed by atoms with Gasteiger partial charge in [0.25, 0.3) is 0 Å². The van der Waals surface area contributed by atoms with Gasteiger partial charge < -0.3 is 10.2 Å². The molecular formula is C5H7NO6. The molecule has 7 heteroatoms. The van der Waals surface area contributed by atoms with Crippen LogP contribution in [-0.4, -0.2) is 44.9 Å². The molecule has 0 saturated carbocycles. The van der Waals surface area contributed by atoms with E-state index in [0.29, 0.717) is 0 Å². The molecule has 1 atom stereocenters. The summed E-state index contributed by atoms with van der Waals surface area (Å²) >= 11 is 0. The van der Waals surface area contributed by atoms with Crippen LogP contribution in [0.4, 0.5) is 0 Å². The minimum atomic E-state index is -1.74. The highest BCUT2D eigenvalue weighted by molar-refractivity contribution is 5.82. The number of nitrogens with zero attached hydrogens (tertiary/aromatic N) is 1. The summed E-state index contributed by atoms with van der Waals surface area (Å²) in [4.78, 5) is 30.1. The molecule has 0 saturated heterocycles. The van der Waals surface area contributed by atoms with Gasteiger partial charge in [0.2, 0.25) is 6.41 Å². The Morgan fingerprint density at radius 3 is 2.17 bits per heavy atom. The zero-order valence-electron chi connectivity index (χ0n) is 5.88. The van der Waals surface area contributed by atoms with Gasteiger partial charge in [0, 0.05) is 0 Å². The molecule has 1 unspecified atom stereocenters. The minimum Gasteiger partial charge on any atom is -0.481 e. The molecule has 0 aliphatic rings. The van der Waals surface area contributed by atoms with Crippen molar-refractivity contribution in [3.63, 3.8) is 0 Å². The summed E-state index contributed by atoms with van der Waals surface area (Å²) in [6.07, 6.45) is -1.01. The Balaban J connectivity index is 4.32. The zero-order valence-corrected chi connectivity index (χ0v) is 5.88. The van der Waals surface area contributed by atoms with Crippen molar-refractivity contribution < 1.29 is 29.8 Å². The summed E-state index contributed by atoms with van der Waals surface area (Å²) in [5, 5.41) is 24.8. The largest absolute Gasteiger partial charge is 0.481 e. The lowest BCUT2D eigenvalue weighted by atomic mass is 10.2. The van der Waals surface area contributed by atoms with Crippen LogP contribution in [0, 0.1) is 0 Å². The number of carbonyl (C=O) groups is 3. The molecule has 0 rings (SSSR count). The molecule has 0 spiro atoms. The Labute approximate surface area is 66.8 Å². The van der Waals surface area contributed by atoms with Crippen LogP contribution < -0.4 is 0 Å². The lowest BCUT2D eigenvalue weighted by Gasteiger charge is -2.15. The van der Waals surface area contributed by atoms with Crippen LogP contribution in [0.2, 0.25) is 0 Å². The van der Waals surface area contributed by atoms with Crippen molar-refractivity contribution >= 4 is 18.3 Å². The second-order valence-electron chi connectivity index (χ2n) is 1.94. The van der Waals surface area contributed by atoms with Gasteiger partial charge in [-0.3, -0.25) is 14.8 Å². The number of hydrogen-bond acceptors (Lipinski definition) is 4. The predicted molar refractivity (Wildman–Crippen MR) is 33.4 cm³/mol. The molecule has 0 aliphatic carbocycles. The van der Waals surface area contributed by atoms with E-state index in [4.69, 9.17) is 15.4 Å². The summed E-state index contributed by atoms with van der Waals surface area (Å²) in [7, 11) is 0. The van der Waals surface area contributed by atoms with E-state index in [1.165, 1.54) is 0 Å². The predicted octanol–water partition coefficient (Wildman–Crippen LogP) is -1.24. The van der Waals surface area contributed by atoms with Crippen molar-refractivity contribution in [2.75, 3.05) is 0 Å². The van der Waals surface area contributed by atoms with E-state index in [9.17, 15) is 14.4 Å². The van der Waals surface area contributed by atoms with Crippen LogP contribution >= 0.6 is 0 Å². The van der Waals surface area contributed by atoms with Gasteiger partial charge in [-0.2, -0.15) is 0 Å². The first-order valence-electron chi connectivity index (χ1n) is 2.86. The molecule has 7 nitrogen and oxygen atoms in total. The molecule has 0 heterocycles. The van der Waals surface area contributed by atoms with Crippen molar-refractivity contribution in [1.82, 2.24) is 5.06 Å². The Bertz CT molecular complexity index is 202. The monoisotopic (exact) mass is 177 g/mol. The van der Waals surface area contributed by atoms with Gasteiger partial charge in [-0.05, 0) is 0 Å². The van der Waals surface area contributed by atoms with Gasteiger partial charge in [-0.25, -0.2) is 9.86 Å². The first-order chi connectivity index (χ1) is 5.49. The molecule has 3 N–H and O–H groups in total. The van der Waals surface area contributed by atoms with Gasteiger partial charge in [0.15, 0.2) is 6.04 Å². The standard InChI is InChI=1S/C5H7NO6/c7-2-6(12)3(5(10)11)1-4(8)9/h2-3,12H,1H2,(H,8,9)(H,10,11). The molecule has 0 aromatic carbocycles. The van der Waals surface area contributed by atoms with Gasteiger partial charge in [0.1, 0.15) is 0 Å². The lowest BCUT2D eigenvalue weighted by Crippen LogP contribution is -2.39. The lowest BCUT2D eigenvalue weighted by molar-refractivity contribution is -0.178.